The van der Waals surface area contributed by atoms with Crippen LogP contribution in [0.5, 0.6) is 11.5 Å². The summed E-state index contributed by atoms with van der Waals surface area (Å²) in [5.41, 5.74) is 4.18. The van der Waals surface area contributed by atoms with Crippen molar-refractivity contribution in [2.45, 2.75) is 51.8 Å². The molecule has 0 amide bonds. The van der Waals surface area contributed by atoms with E-state index in [0.29, 0.717) is 0 Å². The van der Waals surface area contributed by atoms with E-state index in [0.717, 1.165) is 35.1 Å². The van der Waals surface area contributed by atoms with E-state index in [1.165, 1.54) is 22.2 Å². The van der Waals surface area contributed by atoms with Crippen LogP contribution in [0.15, 0.2) is 60.7 Å². The molecule has 5 rings (SSSR count). The topological polar surface area (TPSA) is 41.9 Å². The highest BCUT2D eigenvalue weighted by Gasteiger charge is 2.50. The van der Waals surface area contributed by atoms with Crippen LogP contribution in [0.2, 0.25) is 0 Å². The Kier molecular flexibility index (Phi) is 5.61. The number of nitrogens with zero attached hydrogens (tertiary/aromatic N) is 1. The Balaban J connectivity index is 1.43. The molecule has 34 heavy (non-hydrogen) atoms. The van der Waals surface area contributed by atoms with Crippen molar-refractivity contribution in [3.05, 3.63) is 71.8 Å². The van der Waals surface area contributed by atoms with Crippen LogP contribution in [0.25, 0.3) is 21.8 Å². The maximum Gasteiger partial charge on any atom is 0.462 e. The van der Waals surface area contributed by atoms with Crippen molar-refractivity contribution < 1.29 is 18.8 Å². The number of methoxy groups -OCH3 is 2. The lowest BCUT2D eigenvalue weighted by molar-refractivity contribution is 0.00578. The molecule has 5 nitrogen and oxygen atoms in total. The molecule has 0 unspecified atom stereocenters. The summed E-state index contributed by atoms with van der Waals surface area (Å²) in [6.07, 6.45) is 0.738. The second-order valence-corrected chi connectivity index (χ2v) is 10.1. The van der Waals surface area contributed by atoms with Gasteiger partial charge in [0.05, 0.1) is 25.4 Å². The van der Waals surface area contributed by atoms with Crippen molar-refractivity contribution in [2.75, 3.05) is 14.2 Å². The third kappa shape index (κ3) is 3.95. The Hall–Kier alpha value is -2.96. The van der Waals surface area contributed by atoms with E-state index in [1.807, 2.05) is 12.1 Å². The van der Waals surface area contributed by atoms with E-state index >= 15 is 0 Å². The Morgan fingerprint density at radius 3 is 1.65 bits per heavy atom. The van der Waals surface area contributed by atoms with Crippen molar-refractivity contribution >= 4 is 28.9 Å². The molecule has 1 fully saturated rings. The monoisotopic (exact) mass is 457 g/mol. The first kappa shape index (κ1) is 22.8. The number of hydrogen-bond acceptors (Lipinski definition) is 4. The molecule has 3 aromatic carbocycles. The van der Waals surface area contributed by atoms with Gasteiger partial charge in [-0.15, -0.1) is 0 Å². The average Bonchev–Trinajstić information content (AvgIpc) is 3.22. The van der Waals surface area contributed by atoms with E-state index < -0.39 is 0 Å². The molecule has 4 aromatic rings. The molecule has 0 radical (unpaired) electrons. The lowest BCUT2D eigenvalue weighted by atomic mass is 9.80. The lowest BCUT2D eigenvalue weighted by Crippen LogP contribution is -2.41. The van der Waals surface area contributed by atoms with Crippen molar-refractivity contribution in [1.29, 1.82) is 0 Å². The second-order valence-electron chi connectivity index (χ2n) is 10.1. The van der Waals surface area contributed by atoms with Gasteiger partial charge in [-0.25, -0.2) is 0 Å². The van der Waals surface area contributed by atoms with E-state index in [4.69, 9.17) is 18.8 Å². The SMILES string of the molecule is COc1ccc2c(c1)c1cc(OC)ccc1n2Cc1ccc(CB2OC(C)(C)C(C)(C)O2)cc1. The van der Waals surface area contributed by atoms with E-state index in [-0.39, 0.29) is 18.3 Å². The number of ether oxygens (including phenoxy) is 2. The Morgan fingerprint density at radius 2 is 1.18 bits per heavy atom. The fraction of sp³-hybridized carbons (Fsp3) is 0.357. The van der Waals surface area contributed by atoms with Gasteiger partial charge in [-0.3, -0.25) is 0 Å². The Labute approximate surface area is 201 Å². The Morgan fingerprint density at radius 1 is 0.706 bits per heavy atom. The van der Waals surface area contributed by atoms with Crippen LogP contribution in [0.4, 0.5) is 0 Å². The molecule has 1 saturated heterocycles. The first-order valence-electron chi connectivity index (χ1n) is 11.8. The molecule has 0 N–H and O–H groups in total. The third-order valence-electron chi connectivity index (χ3n) is 7.35. The number of benzene rings is 3. The predicted molar refractivity (Wildman–Crippen MR) is 138 cm³/mol. The number of rotatable bonds is 6. The number of aromatic nitrogens is 1. The first-order chi connectivity index (χ1) is 16.2. The molecule has 0 aliphatic carbocycles. The molecule has 0 bridgehead atoms. The fourth-order valence-corrected chi connectivity index (χ4v) is 4.69. The summed E-state index contributed by atoms with van der Waals surface area (Å²) < 4.78 is 25.7. The standard InChI is InChI=1S/C28H32BNO4/c1-27(2)28(3,4)34-29(33-27)17-19-7-9-20(10-8-19)18-30-25-13-11-21(31-5)15-23(25)24-16-22(32-6)12-14-26(24)30/h7-16H,17-18H2,1-6H3. The smallest absolute Gasteiger partial charge is 0.462 e. The summed E-state index contributed by atoms with van der Waals surface area (Å²) in [5, 5.41) is 2.32. The molecule has 0 saturated carbocycles. The molecule has 2 heterocycles. The molecule has 1 aromatic heterocycles. The van der Waals surface area contributed by atoms with E-state index in [2.05, 4.69) is 80.8 Å². The van der Waals surface area contributed by atoms with Gasteiger partial charge in [-0.2, -0.15) is 0 Å². The van der Waals surface area contributed by atoms with Crippen molar-refractivity contribution in [3.63, 3.8) is 0 Å². The minimum atomic E-state index is -0.306. The number of hydrogen-bond donors (Lipinski definition) is 0. The summed E-state index contributed by atoms with van der Waals surface area (Å²) >= 11 is 0. The van der Waals surface area contributed by atoms with Gasteiger partial charge in [0, 0.05) is 34.7 Å². The molecule has 0 atom stereocenters. The maximum absolute atomic E-state index is 6.17. The number of fused-ring (bicyclic) bond motifs is 3. The van der Waals surface area contributed by atoms with E-state index in [9.17, 15) is 0 Å². The highest BCUT2D eigenvalue weighted by Crippen LogP contribution is 2.38. The average molecular weight is 457 g/mol. The van der Waals surface area contributed by atoms with Crippen LogP contribution >= 0.6 is 0 Å². The van der Waals surface area contributed by atoms with Gasteiger partial charge in [0.15, 0.2) is 0 Å². The van der Waals surface area contributed by atoms with Gasteiger partial charge in [-0.1, -0.05) is 24.3 Å². The van der Waals surface area contributed by atoms with Gasteiger partial charge < -0.3 is 23.3 Å². The Bertz CT molecular complexity index is 1260. The van der Waals surface area contributed by atoms with Gasteiger partial charge in [0.2, 0.25) is 0 Å². The van der Waals surface area contributed by atoms with Crippen LogP contribution < -0.4 is 9.47 Å². The predicted octanol–water partition coefficient (Wildman–Crippen LogP) is 6.03. The molecule has 1 aliphatic heterocycles. The second kappa shape index (κ2) is 8.37. The maximum atomic E-state index is 6.17. The molecule has 0 spiro atoms. The summed E-state index contributed by atoms with van der Waals surface area (Å²) in [7, 11) is 3.18. The van der Waals surface area contributed by atoms with Crippen molar-refractivity contribution in [2.24, 2.45) is 0 Å². The molecule has 1 aliphatic rings. The summed E-state index contributed by atoms with van der Waals surface area (Å²) in [5.74, 6) is 1.70. The normalized spacial score (nSPS) is 16.9. The van der Waals surface area contributed by atoms with Crippen LogP contribution in [0.1, 0.15) is 38.8 Å². The largest absolute Gasteiger partial charge is 0.497 e. The van der Waals surface area contributed by atoms with E-state index in [1.54, 1.807) is 14.2 Å². The van der Waals surface area contributed by atoms with Crippen LogP contribution in [0, 0.1) is 0 Å². The zero-order valence-corrected chi connectivity index (χ0v) is 20.8. The highest BCUT2D eigenvalue weighted by molar-refractivity contribution is 6.45. The molecular formula is C28H32BNO4. The van der Waals surface area contributed by atoms with Gasteiger partial charge >= 0.3 is 7.12 Å². The molecule has 176 valence electrons. The zero-order chi connectivity index (χ0) is 24.1. The summed E-state index contributed by atoms with van der Waals surface area (Å²) in [6, 6.07) is 21.3. The highest BCUT2D eigenvalue weighted by atomic mass is 16.7. The minimum absolute atomic E-state index is 0.224. The quantitative estimate of drug-likeness (QED) is 0.332. The molecular weight excluding hydrogens is 425 g/mol. The van der Waals surface area contributed by atoms with Crippen LogP contribution in [0.3, 0.4) is 0 Å². The van der Waals surface area contributed by atoms with Crippen LogP contribution in [-0.2, 0) is 22.2 Å². The van der Waals surface area contributed by atoms with Gasteiger partial charge in [-0.05, 0) is 75.2 Å². The van der Waals surface area contributed by atoms with Crippen molar-refractivity contribution in [1.82, 2.24) is 4.57 Å². The van der Waals surface area contributed by atoms with Crippen LogP contribution in [-0.4, -0.2) is 37.1 Å². The summed E-state index contributed by atoms with van der Waals surface area (Å²) in [4.78, 5) is 0. The first-order valence-corrected chi connectivity index (χ1v) is 11.8. The third-order valence-corrected chi connectivity index (χ3v) is 7.35. The van der Waals surface area contributed by atoms with Gasteiger partial charge in [0.25, 0.3) is 0 Å². The van der Waals surface area contributed by atoms with Crippen molar-refractivity contribution in [3.8, 4) is 11.5 Å². The fourth-order valence-electron chi connectivity index (χ4n) is 4.69. The lowest BCUT2D eigenvalue weighted by Gasteiger charge is -2.32. The van der Waals surface area contributed by atoms with Gasteiger partial charge in [0.1, 0.15) is 11.5 Å². The summed E-state index contributed by atoms with van der Waals surface area (Å²) in [6.45, 7) is 9.13. The molecule has 6 heteroatoms. The minimum Gasteiger partial charge on any atom is -0.497 e. The zero-order valence-electron chi connectivity index (χ0n) is 20.8.